The molecule has 2 amide bonds. The number of amides is 2. The molecular weight excluding hydrogens is 314 g/mol. The molecule has 1 aromatic carbocycles. The summed E-state index contributed by atoms with van der Waals surface area (Å²) in [7, 11) is 1.58. The molecule has 0 radical (unpaired) electrons. The quantitative estimate of drug-likeness (QED) is 0.500. The number of ether oxygens (including phenoxy) is 1. The van der Waals surface area contributed by atoms with Gasteiger partial charge in [-0.1, -0.05) is 19.4 Å². The molecule has 6 nitrogen and oxygen atoms in total. The summed E-state index contributed by atoms with van der Waals surface area (Å²) in [6.45, 7) is 2.92. The van der Waals surface area contributed by atoms with Crippen molar-refractivity contribution in [2.45, 2.75) is 26.2 Å². The van der Waals surface area contributed by atoms with Crippen molar-refractivity contribution in [3.8, 4) is 0 Å². The van der Waals surface area contributed by atoms with E-state index in [2.05, 4.69) is 16.0 Å². The van der Waals surface area contributed by atoms with Crippen molar-refractivity contribution in [1.82, 2.24) is 10.6 Å². The first-order valence-electron chi connectivity index (χ1n) is 7.54. The van der Waals surface area contributed by atoms with E-state index in [1.807, 2.05) is 6.92 Å². The van der Waals surface area contributed by atoms with Gasteiger partial charge in [-0.05, 0) is 36.8 Å². The molecule has 0 aliphatic heterocycles. The lowest BCUT2D eigenvalue weighted by Crippen LogP contribution is -2.34. The number of rotatable bonds is 8. The fraction of sp³-hybridized carbons (Fsp3) is 0.438. The summed E-state index contributed by atoms with van der Waals surface area (Å²) in [6.07, 6.45) is 2.22. The van der Waals surface area contributed by atoms with Gasteiger partial charge >= 0.3 is 0 Å². The topological polar surface area (TPSA) is 79.5 Å². The predicted octanol–water partition coefficient (Wildman–Crippen LogP) is 2.07. The van der Waals surface area contributed by atoms with E-state index in [4.69, 9.17) is 17.0 Å². The Morgan fingerprint density at radius 3 is 2.78 bits per heavy atom. The van der Waals surface area contributed by atoms with Crippen molar-refractivity contribution in [2.24, 2.45) is 0 Å². The Bertz CT molecular complexity index is 549. The van der Waals surface area contributed by atoms with Crippen molar-refractivity contribution in [3.05, 3.63) is 29.8 Å². The molecule has 0 saturated carbocycles. The maximum atomic E-state index is 12.0. The van der Waals surface area contributed by atoms with Crippen LogP contribution >= 0.6 is 12.2 Å². The molecule has 0 heterocycles. The number of hydrogen-bond acceptors (Lipinski definition) is 4. The van der Waals surface area contributed by atoms with Crippen molar-refractivity contribution in [1.29, 1.82) is 0 Å². The minimum Gasteiger partial charge on any atom is -0.383 e. The molecule has 23 heavy (non-hydrogen) atoms. The summed E-state index contributed by atoms with van der Waals surface area (Å²) >= 11 is 5.10. The first kappa shape index (κ1) is 19.1. The molecule has 7 heteroatoms. The maximum Gasteiger partial charge on any atom is 0.251 e. The van der Waals surface area contributed by atoms with Crippen molar-refractivity contribution in [2.75, 3.05) is 25.6 Å². The van der Waals surface area contributed by atoms with Gasteiger partial charge < -0.3 is 20.7 Å². The van der Waals surface area contributed by atoms with Crippen LogP contribution in [0.5, 0.6) is 0 Å². The zero-order valence-corrected chi connectivity index (χ0v) is 14.3. The van der Waals surface area contributed by atoms with Gasteiger partial charge in [0.1, 0.15) is 0 Å². The molecule has 0 bridgehead atoms. The van der Waals surface area contributed by atoms with Crippen LogP contribution in [0.25, 0.3) is 0 Å². The van der Waals surface area contributed by atoms with Gasteiger partial charge in [0.25, 0.3) is 5.91 Å². The number of methoxy groups -OCH3 is 1. The zero-order valence-electron chi connectivity index (χ0n) is 13.5. The molecule has 0 spiro atoms. The molecule has 0 aromatic heterocycles. The summed E-state index contributed by atoms with van der Waals surface area (Å²) < 4.78 is 4.88. The molecule has 0 aliphatic carbocycles. The van der Waals surface area contributed by atoms with Crippen LogP contribution in [0.3, 0.4) is 0 Å². The first-order chi connectivity index (χ1) is 11.1. The summed E-state index contributed by atoms with van der Waals surface area (Å²) in [4.78, 5) is 23.6. The summed E-state index contributed by atoms with van der Waals surface area (Å²) in [5, 5.41) is 8.49. The van der Waals surface area contributed by atoms with Gasteiger partial charge in [-0.25, -0.2) is 0 Å². The van der Waals surface area contributed by atoms with Crippen LogP contribution in [-0.4, -0.2) is 37.2 Å². The second-order valence-electron chi connectivity index (χ2n) is 4.94. The second-order valence-corrected chi connectivity index (χ2v) is 5.34. The highest BCUT2D eigenvalue weighted by molar-refractivity contribution is 7.80. The number of unbranched alkanes of at least 4 members (excludes halogenated alkanes) is 1. The van der Waals surface area contributed by atoms with Gasteiger partial charge in [-0.3, -0.25) is 9.59 Å². The number of nitrogens with one attached hydrogen (secondary N) is 3. The average Bonchev–Trinajstić information content (AvgIpc) is 2.53. The van der Waals surface area contributed by atoms with Crippen molar-refractivity contribution >= 4 is 34.8 Å². The molecule has 0 saturated heterocycles. The third-order valence-corrected chi connectivity index (χ3v) is 3.19. The molecule has 126 valence electrons. The summed E-state index contributed by atoms with van der Waals surface area (Å²) in [5.74, 6) is -0.304. The van der Waals surface area contributed by atoms with Crippen molar-refractivity contribution < 1.29 is 14.3 Å². The molecule has 0 fully saturated rings. The minimum absolute atomic E-state index is 0.113. The molecule has 1 aromatic rings. The van der Waals surface area contributed by atoms with E-state index in [1.54, 1.807) is 31.4 Å². The number of carbonyl (C=O) groups is 2. The lowest BCUT2D eigenvalue weighted by Gasteiger charge is -2.11. The molecule has 0 aliphatic rings. The number of hydrogen-bond donors (Lipinski definition) is 3. The predicted molar refractivity (Wildman–Crippen MR) is 94.5 cm³/mol. The number of anilines is 1. The van der Waals surface area contributed by atoms with Crippen molar-refractivity contribution in [3.63, 3.8) is 0 Å². The molecule has 3 N–H and O–H groups in total. The smallest absolute Gasteiger partial charge is 0.251 e. The third-order valence-electron chi connectivity index (χ3n) is 2.98. The Hall–Kier alpha value is -1.99. The summed E-state index contributed by atoms with van der Waals surface area (Å²) in [6, 6.07) is 6.90. The fourth-order valence-electron chi connectivity index (χ4n) is 1.80. The van der Waals surface area contributed by atoms with Crippen LogP contribution < -0.4 is 16.0 Å². The average molecular weight is 337 g/mol. The van der Waals surface area contributed by atoms with Gasteiger partial charge in [0, 0.05) is 31.3 Å². The van der Waals surface area contributed by atoms with Crippen LogP contribution in [0.1, 0.15) is 36.5 Å². The first-order valence-corrected chi connectivity index (χ1v) is 7.95. The SMILES string of the molecule is CCCCC(=O)NC(=S)Nc1cccc(C(=O)NCCOC)c1. The number of thiocarbonyl (C=S) groups is 1. The molecule has 0 atom stereocenters. The number of carbonyl (C=O) groups excluding carboxylic acids is 2. The van der Waals surface area contributed by atoms with E-state index < -0.39 is 0 Å². The molecule has 0 unspecified atom stereocenters. The van der Waals surface area contributed by atoms with Crippen LogP contribution in [0.15, 0.2) is 24.3 Å². The van der Waals surface area contributed by atoms with Crippen LogP contribution in [0.4, 0.5) is 5.69 Å². The second kappa shape index (κ2) is 10.7. The number of benzene rings is 1. The van der Waals surface area contributed by atoms with Crippen LogP contribution in [-0.2, 0) is 9.53 Å². The Morgan fingerprint density at radius 1 is 1.30 bits per heavy atom. The van der Waals surface area contributed by atoms with E-state index in [0.717, 1.165) is 12.8 Å². The standard InChI is InChI=1S/C16H23N3O3S/c1-3-4-8-14(20)19-16(23)18-13-7-5-6-12(11-13)15(21)17-9-10-22-2/h5-7,11H,3-4,8-10H2,1-2H3,(H,17,21)(H2,18,19,20,23). The lowest BCUT2D eigenvalue weighted by molar-refractivity contribution is -0.119. The Kier molecular flexibility index (Phi) is 8.86. The summed E-state index contributed by atoms with van der Waals surface area (Å²) in [5.41, 5.74) is 1.15. The maximum absolute atomic E-state index is 12.0. The van der Waals surface area contributed by atoms with E-state index in [0.29, 0.717) is 30.8 Å². The highest BCUT2D eigenvalue weighted by Gasteiger charge is 2.08. The minimum atomic E-state index is -0.191. The van der Waals surface area contributed by atoms with Gasteiger partial charge in [0.2, 0.25) is 5.91 Å². The normalized spacial score (nSPS) is 10.0. The Balaban J connectivity index is 2.54. The Labute approximate surface area is 142 Å². The van der Waals surface area contributed by atoms with Gasteiger partial charge in [-0.15, -0.1) is 0 Å². The third kappa shape index (κ3) is 7.71. The molecular formula is C16H23N3O3S. The van der Waals surface area contributed by atoms with E-state index in [-0.39, 0.29) is 16.9 Å². The Morgan fingerprint density at radius 2 is 2.09 bits per heavy atom. The zero-order chi connectivity index (χ0) is 17.1. The lowest BCUT2D eigenvalue weighted by atomic mass is 10.2. The van der Waals surface area contributed by atoms with E-state index >= 15 is 0 Å². The molecule has 1 rings (SSSR count). The monoisotopic (exact) mass is 337 g/mol. The van der Waals surface area contributed by atoms with Gasteiger partial charge in [0.05, 0.1) is 6.61 Å². The fourth-order valence-corrected chi connectivity index (χ4v) is 2.03. The van der Waals surface area contributed by atoms with Gasteiger partial charge in [0.15, 0.2) is 5.11 Å². The largest absolute Gasteiger partial charge is 0.383 e. The highest BCUT2D eigenvalue weighted by Crippen LogP contribution is 2.10. The van der Waals surface area contributed by atoms with Crippen LogP contribution in [0, 0.1) is 0 Å². The van der Waals surface area contributed by atoms with Gasteiger partial charge in [-0.2, -0.15) is 0 Å². The van der Waals surface area contributed by atoms with E-state index in [9.17, 15) is 9.59 Å². The highest BCUT2D eigenvalue weighted by atomic mass is 32.1. The van der Waals surface area contributed by atoms with E-state index in [1.165, 1.54) is 0 Å². The van der Waals surface area contributed by atoms with Crippen LogP contribution in [0.2, 0.25) is 0 Å².